The topological polar surface area (TPSA) is 232 Å². The number of fused-ring (bicyclic) bond motifs is 9. The van der Waals surface area contributed by atoms with Gasteiger partial charge < -0.3 is 64.3 Å². The monoisotopic (exact) mass is 1400 g/mol. The highest BCUT2D eigenvalue weighted by Crippen LogP contribution is 2.47. The van der Waals surface area contributed by atoms with Gasteiger partial charge in [-0.3, -0.25) is 19.8 Å². The van der Waals surface area contributed by atoms with Gasteiger partial charge in [0, 0.05) is 99.5 Å². The van der Waals surface area contributed by atoms with Crippen LogP contribution in [0.4, 0.5) is 37.0 Å². The number of alkyl halides is 4. The summed E-state index contributed by atoms with van der Waals surface area (Å²) in [6.45, 7) is 19.5. The van der Waals surface area contributed by atoms with Crippen LogP contribution in [0.25, 0.3) is 28.0 Å². The molecule has 2 saturated carbocycles. The molecule has 13 rings (SSSR count). The zero-order valence-corrected chi connectivity index (χ0v) is 57.8. The van der Waals surface area contributed by atoms with Crippen LogP contribution in [0, 0.1) is 47.1 Å². The van der Waals surface area contributed by atoms with Gasteiger partial charge in [-0.1, -0.05) is 33.9 Å². The first kappa shape index (κ1) is 71.7. The van der Waals surface area contributed by atoms with Crippen molar-refractivity contribution >= 4 is 40.4 Å². The largest absolute Gasteiger partial charge is 0.490 e. The fourth-order valence-corrected chi connectivity index (χ4v) is 17.8. The number of anilines is 1. The van der Waals surface area contributed by atoms with Gasteiger partial charge in [0.2, 0.25) is 11.8 Å². The molecule has 4 amide bonds. The molecule has 16 unspecified atom stereocenters. The average Bonchev–Trinajstić information content (AvgIpc) is 1.70. The van der Waals surface area contributed by atoms with E-state index in [1.165, 1.54) is 28.9 Å². The molecular formula is C72H96F6N12O10. The zero-order valence-electron chi connectivity index (χ0n) is 57.8. The van der Waals surface area contributed by atoms with Gasteiger partial charge >= 0.3 is 11.7 Å². The summed E-state index contributed by atoms with van der Waals surface area (Å²) < 4.78 is 127. The van der Waals surface area contributed by atoms with Crippen molar-refractivity contribution in [3.8, 4) is 17.0 Å². The predicted molar refractivity (Wildman–Crippen MR) is 361 cm³/mol. The van der Waals surface area contributed by atoms with Gasteiger partial charge in [-0.15, -0.1) is 0 Å². The maximum Gasteiger partial charge on any atom is 0.355 e. The molecular weight excluding hydrogens is 1310 g/mol. The first-order chi connectivity index (χ1) is 47.9. The highest BCUT2D eigenvalue weighted by molar-refractivity contribution is 5.93. The minimum atomic E-state index is -2.97. The Morgan fingerprint density at radius 3 is 2.30 bits per heavy atom. The van der Waals surface area contributed by atoms with Crippen LogP contribution >= 0.6 is 0 Å². The summed E-state index contributed by atoms with van der Waals surface area (Å²) in [5.74, 6) is -5.65. The van der Waals surface area contributed by atoms with Gasteiger partial charge in [0.05, 0.1) is 66.5 Å². The first-order valence-electron chi connectivity index (χ1n) is 35.9. The van der Waals surface area contributed by atoms with E-state index in [2.05, 4.69) is 34.1 Å². The molecule has 6 saturated heterocycles. The number of amides is 4. The lowest BCUT2D eigenvalue weighted by atomic mass is 9.71. The molecule has 1 aromatic carbocycles. The molecule has 546 valence electrons. The number of nitrogens with one attached hydrogen (secondary N) is 3. The van der Waals surface area contributed by atoms with E-state index >= 15 is 27.2 Å². The Morgan fingerprint density at radius 2 is 1.60 bits per heavy atom. The quantitative estimate of drug-likeness (QED) is 0.0821. The van der Waals surface area contributed by atoms with Crippen LogP contribution in [0.2, 0.25) is 0 Å². The van der Waals surface area contributed by atoms with Crippen LogP contribution in [-0.4, -0.2) is 244 Å². The highest BCUT2D eigenvalue weighted by Gasteiger charge is 2.60. The van der Waals surface area contributed by atoms with Crippen molar-refractivity contribution in [3.63, 3.8) is 0 Å². The number of aliphatic hydroxyl groups is 2. The minimum absolute atomic E-state index is 0.00194. The molecule has 10 aliphatic rings. The third-order valence-corrected chi connectivity index (χ3v) is 22.8. The van der Waals surface area contributed by atoms with E-state index in [1.807, 2.05) is 62.4 Å². The van der Waals surface area contributed by atoms with E-state index in [0.717, 1.165) is 12.8 Å². The number of pyridine rings is 1. The summed E-state index contributed by atoms with van der Waals surface area (Å²) in [5, 5.41) is 35.8. The fourth-order valence-electron chi connectivity index (χ4n) is 17.8. The summed E-state index contributed by atoms with van der Waals surface area (Å²) in [4.78, 5) is 77.3. The van der Waals surface area contributed by atoms with E-state index in [-0.39, 0.29) is 124 Å². The van der Waals surface area contributed by atoms with Crippen molar-refractivity contribution in [3.05, 3.63) is 89.0 Å². The van der Waals surface area contributed by atoms with Crippen molar-refractivity contribution in [1.29, 1.82) is 0 Å². The van der Waals surface area contributed by atoms with E-state index in [4.69, 9.17) is 23.9 Å². The standard InChI is InChI=1S/C72H96F6N12O10/c1-9-56(92)85-20-22-87(38(6)30-85)67-45-27-50(76)62-59-48(74)25-42(26-53(59)99-34-54(97-32-41-14-15-41)65(94)43-17-19-84(29-36(3)4)40(8)63(43)89(69(45)81-62)71(95)82-67)24-37(5)60-64-44(16-18-79-60)66(100-35-55(77)78)51(91)33-98-52-13-11-12-47(73)58(52)61-49(75)28-46-68(83-72(96)90(64)70(46)80-61)88-23-21-86(31-39(88)7)57(93)10-2/h9-10,17,19,25-27,36-41,44,46-47,49,51-52,54-55,58,60-61,64-66,68,70,79-80,91,94H,1-2,11-16,18,20-24,28-35H2,3-8H3,(H,83,96)/t37?,38-,39-,40+,44?,46?,47?,49?,51?,52?,54?,58?,60?,61?,64?,65?,66?,68?,70?/m0/s1. The second kappa shape index (κ2) is 29.6. The molecule has 19 atom stereocenters. The van der Waals surface area contributed by atoms with Crippen molar-refractivity contribution in [2.75, 3.05) is 83.7 Å². The van der Waals surface area contributed by atoms with Crippen molar-refractivity contribution in [1.82, 2.24) is 55.0 Å². The Balaban J connectivity index is 0.925. The number of carbonyl (C=O) groups excluding carboxylic acids is 3. The Labute approximate surface area is 579 Å². The molecule has 2 aliphatic carbocycles. The van der Waals surface area contributed by atoms with Crippen LogP contribution in [0.3, 0.4) is 0 Å². The number of benzene rings is 1. The van der Waals surface area contributed by atoms with Crippen LogP contribution in [0.15, 0.2) is 66.2 Å². The van der Waals surface area contributed by atoms with E-state index in [0.29, 0.717) is 42.8 Å². The molecule has 10 heterocycles. The number of hydrogen-bond acceptors (Lipinski definition) is 17. The van der Waals surface area contributed by atoms with Crippen LogP contribution < -0.4 is 31.3 Å². The van der Waals surface area contributed by atoms with Gasteiger partial charge in [0.1, 0.15) is 66.9 Å². The lowest BCUT2D eigenvalue weighted by molar-refractivity contribution is -0.173. The Kier molecular flexibility index (Phi) is 21.2. The molecule has 22 nitrogen and oxygen atoms in total. The zero-order chi connectivity index (χ0) is 70.9. The summed E-state index contributed by atoms with van der Waals surface area (Å²) >= 11 is 0. The number of carbonyl (C=O) groups is 3. The molecule has 2 aromatic heterocycles. The van der Waals surface area contributed by atoms with Crippen molar-refractivity contribution in [2.24, 2.45) is 35.5 Å². The first-order valence-corrected chi connectivity index (χ1v) is 35.9. The SMILES string of the molecule is C=CC(=O)N1CCN(c2nc(=O)n3c4nc(c(F)cc24)-c2c(F)cc(CC(C)C4NCCC5C(OCC(F)F)C(O)COC6CCCC(F)C6C6NC7C(CC6F)C(N6CCN(C(=O)C=C)C[C@@H]6C)NC(=O)N7C54)cc2OCC(OCC2CC2)C(O)C2=C3[C@@H](C)N(CC(C)C)C=C2)[C@@H](C)C1. The maximum absolute atomic E-state index is 18.3. The van der Waals surface area contributed by atoms with Gasteiger partial charge in [-0.05, 0) is 138 Å². The van der Waals surface area contributed by atoms with E-state index in [9.17, 15) is 28.6 Å². The smallest absolute Gasteiger partial charge is 0.355 e. The third-order valence-electron chi connectivity index (χ3n) is 22.8. The molecule has 0 radical (unpaired) electrons. The van der Waals surface area contributed by atoms with Gasteiger partial charge in [-0.2, -0.15) is 4.98 Å². The number of nitrogens with zero attached hydrogens (tertiary/aromatic N) is 9. The number of urea groups is 1. The fraction of sp³-hybridized carbons (Fsp3) is 0.667. The summed E-state index contributed by atoms with van der Waals surface area (Å²) in [7, 11) is 0. The van der Waals surface area contributed by atoms with Crippen molar-refractivity contribution < 1.29 is 69.9 Å². The van der Waals surface area contributed by atoms with Gasteiger partial charge in [0.25, 0.3) is 6.43 Å². The predicted octanol–water partition coefficient (Wildman–Crippen LogP) is 6.38. The van der Waals surface area contributed by atoms with Crippen LogP contribution in [0.1, 0.15) is 92.1 Å². The Hall–Kier alpha value is -6.66. The molecule has 3 aromatic rings. The lowest BCUT2D eigenvalue weighted by Crippen LogP contribution is -2.80. The normalized spacial score (nSPS) is 33.8. The number of aromatic nitrogens is 3. The van der Waals surface area contributed by atoms with Gasteiger partial charge in [0.15, 0.2) is 11.5 Å². The highest BCUT2D eigenvalue weighted by atomic mass is 19.3. The Morgan fingerprint density at radius 1 is 0.860 bits per heavy atom. The minimum Gasteiger partial charge on any atom is -0.490 e. The third kappa shape index (κ3) is 13.9. The number of halogens is 6. The lowest BCUT2D eigenvalue weighted by Gasteiger charge is -2.61. The summed E-state index contributed by atoms with van der Waals surface area (Å²) in [6.07, 6.45) is -5.78. The van der Waals surface area contributed by atoms with E-state index in [1.54, 1.807) is 26.8 Å². The molecule has 8 fully saturated rings. The number of rotatable bonds is 15. The average molecular weight is 1400 g/mol. The number of ether oxygens (including phenoxy) is 4. The number of hydrogen-bond donors (Lipinski definition) is 5. The molecule has 5 N–H and O–H groups in total. The van der Waals surface area contributed by atoms with E-state index < -0.39 is 170 Å². The number of piperidine rings is 2. The summed E-state index contributed by atoms with van der Waals surface area (Å²) in [6, 6.07) is -1.12. The molecule has 0 spiro atoms. The molecule has 4 bridgehead atoms. The van der Waals surface area contributed by atoms with Crippen LogP contribution in [-0.2, 0) is 30.2 Å². The molecule has 8 aliphatic heterocycles. The van der Waals surface area contributed by atoms with Gasteiger partial charge in [-0.25, -0.2) is 45.5 Å². The summed E-state index contributed by atoms with van der Waals surface area (Å²) in [5.41, 5.74) is -0.901. The second-order valence-corrected chi connectivity index (χ2v) is 29.9. The Bertz CT molecular complexity index is 3700. The second-order valence-electron chi connectivity index (χ2n) is 29.9. The van der Waals surface area contributed by atoms with Crippen molar-refractivity contribution in [2.45, 2.75) is 191 Å². The number of piperazine rings is 2. The molecule has 100 heavy (non-hydrogen) atoms. The number of aliphatic hydroxyl groups excluding tert-OH is 2. The maximum atomic E-state index is 18.3. The van der Waals surface area contributed by atoms with Crippen LogP contribution in [0.5, 0.6) is 5.75 Å². The molecule has 28 heteroatoms.